The molecule has 0 radical (unpaired) electrons. The van der Waals surface area contributed by atoms with Crippen LogP contribution in [0.2, 0.25) is 0 Å². The molecule has 0 fully saturated rings. The molecule has 1 aromatic heterocycles. The molecule has 0 bridgehead atoms. The minimum Gasteiger partial charge on any atom is -0.480 e. The molecule has 2 heterocycles. The van der Waals surface area contributed by atoms with Crippen LogP contribution in [0.5, 0.6) is 5.88 Å². The lowest BCUT2D eigenvalue weighted by Crippen LogP contribution is -2.31. The van der Waals surface area contributed by atoms with Crippen molar-refractivity contribution in [3.05, 3.63) is 46.6 Å². The first-order chi connectivity index (χ1) is 10.6. The number of aryl methyl sites for hydroxylation is 2. The summed E-state index contributed by atoms with van der Waals surface area (Å²) in [5.41, 5.74) is 4.09. The van der Waals surface area contributed by atoms with E-state index in [0.29, 0.717) is 12.4 Å². The molecule has 0 atom stereocenters. The predicted molar refractivity (Wildman–Crippen MR) is 84.0 cm³/mol. The summed E-state index contributed by atoms with van der Waals surface area (Å²) in [5.74, 6) is 0.759. The van der Waals surface area contributed by atoms with Gasteiger partial charge in [-0.25, -0.2) is 0 Å². The number of hydrogen-bond donors (Lipinski definition) is 0. The summed E-state index contributed by atoms with van der Waals surface area (Å²) < 4.78 is 7.18. The largest absolute Gasteiger partial charge is 0.480 e. The third-order valence-corrected chi connectivity index (χ3v) is 4.21. The number of hydrogen-bond acceptors (Lipinski definition) is 3. The zero-order chi connectivity index (χ0) is 15.7. The Morgan fingerprint density at radius 2 is 2.00 bits per heavy atom. The maximum Gasteiger partial charge on any atom is 0.254 e. The van der Waals surface area contributed by atoms with Gasteiger partial charge in [0.2, 0.25) is 5.88 Å². The van der Waals surface area contributed by atoms with Crippen LogP contribution >= 0.6 is 0 Å². The first kappa shape index (κ1) is 14.6. The van der Waals surface area contributed by atoms with E-state index in [1.165, 1.54) is 0 Å². The van der Waals surface area contributed by atoms with E-state index >= 15 is 0 Å². The summed E-state index contributed by atoms with van der Waals surface area (Å²) in [6.07, 6.45) is 1.82. The highest BCUT2D eigenvalue weighted by molar-refractivity contribution is 5.94. The van der Waals surface area contributed by atoms with Crippen molar-refractivity contribution in [2.75, 3.05) is 13.7 Å². The predicted octanol–water partition coefficient (Wildman–Crippen LogP) is 2.33. The first-order valence-corrected chi connectivity index (χ1v) is 7.55. The molecule has 0 saturated heterocycles. The molecule has 5 nitrogen and oxygen atoms in total. The molecule has 116 valence electrons. The van der Waals surface area contributed by atoms with E-state index in [1.807, 2.05) is 47.8 Å². The van der Waals surface area contributed by atoms with E-state index in [1.54, 1.807) is 7.11 Å². The summed E-state index contributed by atoms with van der Waals surface area (Å²) in [6.45, 7) is 3.35. The quantitative estimate of drug-likeness (QED) is 0.855. The van der Waals surface area contributed by atoms with Crippen molar-refractivity contribution in [3.8, 4) is 5.88 Å². The Morgan fingerprint density at radius 1 is 1.27 bits per heavy atom. The number of ether oxygens (including phenoxy) is 1. The van der Waals surface area contributed by atoms with E-state index in [4.69, 9.17) is 4.74 Å². The van der Waals surface area contributed by atoms with Crippen LogP contribution in [0.15, 0.2) is 24.3 Å². The molecule has 0 unspecified atom stereocenters. The number of amides is 1. The van der Waals surface area contributed by atoms with Gasteiger partial charge in [0.25, 0.3) is 5.91 Å². The van der Waals surface area contributed by atoms with Crippen molar-refractivity contribution in [1.29, 1.82) is 0 Å². The second-order valence-electron chi connectivity index (χ2n) is 5.75. The van der Waals surface area contributed by atoms with Crippen molar-refractivity contribution in [1.82, 2.24) is 14.7 Å². The summed E-state index contributed by atoms with van der Waals surface area (Å²) in [5, 5.41) is 4.39. The number of fused-ring (bicyclic) bond motifs is 1. The van der Waals surface area contributed by atoms with E-state index in [9.17, 15) is 4.79 Å². The van der Waals surface area contributed by atoms with Gasteiger partial charge in [0.05, 0.1) is 19.3 Å². The van der Waals surface area contributed by atoms with Crippen LogP contribution < -0.4 is 4.74 Å². The smallest absolute Gasteiger partial charge is 0.254 e. The van der Waals surface area contributed by atoms with Gasteiger partial charge in [-0.1, -0.05) is 17.7 Å². The minimum absolute atomic E-state index is 0.0769. The molecule has 5 heteroatoms. The van der Waals surface area contributed by atoms with Gasteiger partial charge in [-0.3, -0.25) is 9.48 Å². The van der Waals surface area contributed by atoms with Crippen LogP contribution in [0.25, 0.3) is 0 Å². The maximum absolute atomic E-state index is 12.7. The lowest BCUT2D eigenvalue weighted by atomic mass is 10.1. The number of rotatable bonds is 2. The Labute approximate surface area is 130 Å². The molecule has 0 saturated carbocycles. The molecule has 0 N–H and O–H groups in total. The fraction of sp³-hybridized carbons (Fsp3) is 0.412. The maximum atomic E-state index is 12.7. The second kappa shape index (κ2) is 5.83. The van der Waals surface area contributed by atoms with Crippen molar-refractivity contribution in [2.24, 2.45) is 7.05 Å². The minimum atomic E-state index is 0.0769. The second-order valence-corrected chi connectivity index (χ2v) is 5.75. The normalized spacial score (nSPS) is 14.4. The highest BCUT2D eigenvalue weighted by atomic mass is 16.5. The number of carbonyl (C=O) groups is 1. The number of benzene rings is 1. The zero-order valence-corrected chi connectivity index (χ0v) is 13.3. The van der Waals surface area contributed by atoms with Gasteiger partial charge in [-0.15, -0.1) is 5.10 Å². The van der Waals surface area contributed by atoms with Gasteiger partial charge < -0.3 is 9.64 Å². The van der Waals surface area contributed by atoms with Crippen LogP contribution in [-0.4, -0.2) is 34.2 Å². The Hall–Kier alpha value is -2.30. The van der Waals surface area contributed by atoms with Gasteiger partial charge in [0, 0.05) is 24.7 Å². The van der Waals surface area contributed by atoms with Crippen LogP contribution in [0, 0.1) is 6.92 Å². The number of aromatic nitrogens is 2. The van der Waals surface area contributed by atoms with E-state index in [0.717, 1.165) is 41.8 Å². The number of methoxy groups -OCH3 is 1. The lowest BCUT2D eigenvalue weighted by molar-refractivity contribution is 0.0742. The molecule has 0 aliphatic carbocycles. The van der Waals surface area contributed by atoms with E-state index < -0.39 is 0 Å². The Balaban J connectivity index is 1.88. The van der Waals surface area contributed by atoms with Crippen LogP contribution in [0.1, 0.15) is 33.6 Å². The summed E-state index contributed by atoms with van der Waals surface area (Å²) in [4.78, 5) is 14.6. The number of nitrogens with zero attached hydrogens (tertiary/aromatic N) is 3. The molecule has 0 spiro atoms. The van der Waals surface area contributed by atoms with Crippen molar-refractivity contribution >= 4 is 5.91 Å². The summed E-state index contributed by atoms with van der Waals surface area (Å²) >= 11 is 0. The average Bonchev–Trinajstić information content (AvgIpc) is 2.70. The van der Waals surface area contributed by atoms with Gasteiger partial charge in [0.1, 0.15) is 0 Å². The molecular weight excluding hydrogens is 278 g/mol. The molecule has 3 rings (SSSR count). The van der Waals surface area contributed by atoms with Gasteiger partial charge in [0.15, 0.2) is 0 Å². The summed E-state index contributed by atoms with van der Waals surface area (Å²) in [6, 6.07) is 7.74. The third kappa shape index (κ3) is 2.58. The highest BCUT2D eigenvalue weighted by Crippen LogP contribution is 2.27. The molecule has 1 aliphatic rings. The fourth-order valence-corrected chi connectivity index (χ4v) is 2.95. The lowest BCUT2D eigenvalue weighted by Gasteiger charge is -2.21. The van der Waals surface area contributed by atoms with Crippen LogP contribution in [0.3, 0.4) is 0 Å². The van der Waals surface area contributed by atoms with E-state index in [2.05, 4.69) is 5.10 Å². The van der Waals surface area contributed by atoms with Crippen molar-refractivity contribution in [2.45, 2.75) is 26.3 Å². The SMILES string of the molecule is COc1nn(C)c2c1CCCN(C(=O)c1ccc(C)cc1)C2. The average molecular weight is 299 g/mol. The molecular formula is C17H21N3O2. The topological polar surface area (TPSA) is 47.4 Å². The van der Waals surface area contributed by atoms with Gasteiger partial charge >= 0.3 is 0 Å². The Bertz CT molecular complexity index is 689. The van der Waals surface area contributed by atoms with Crippen molar-refractivity contribution < 1.29 is 9.53 Å². The molecule has 22 heavy (non-hydrogen) atoms. The van der Waals surface area contributed by atoms with Gasteiger partial charge in [-0.05, 0) is 31.9 Å². The number of carbonyl (C=O) groups excluding carboxylic acids is 1. The molecule has 1 aromatic carbocycles. The fourth-order valence-electron chi connectivity index (χ4n) is 2.95. The standard InChI is InChI=1S/C17H21N3O2/c1-12-6-8-13(9-7-12)17(21)20-10-4-5-14-15(11-20)19(2)18-16(14)22-3/h6-9H,4-5,10-11H2,1-3H3. The summed E-state index contributed by atoms with van der Waals surface area (Å²) in [7, 11) is 3.55. The first-order valence-electron chi connectivity index (χ1n) is 7.55. The van der Waals surface area contributed by atoms with Crippen LogP contribution in [0.4, 0.5) is 0 Å². The monoisotopic (exact) mass is 299 g/mol. The van der Waals surface area contributed by atoms with Crippen molar-refractivity contribution in [3.63, 3.8) is 0 Å². The third-order valence-electron chi connectivity index (χ3n) is 4.21. The Morgan fingerprint density at radius 3 is 2.68 bits per heavy atom. The highest BCUT2D eigenvalue weighted by Gasteiger charge is 2.25. The molecule has 2 aromatic rings. The Kier molecular flexibility index (Phi) is 3.88. The van der Waals surface area contributed by atoms with Gasteiger partial charge in [-0.2, -0.15) is 0 Å². The molecule has 1 amide bonds. The van der Waals surface area contributed by atoms with Crippen LogP contribution in [-0.2, 0) is 20.0 Å². The van der Waals surface area contributed by atoms with E-state index in [-0.39, 0.29) is 5.91 Å². The molecule has 1 aliphatic heterocycles. The zero-order valence-electron chi connectivity index (χ0n) is 13.3.